The second-order valence-electron chi connectivity index (χ2n) is 0.970. The van der Waals surface area contributed by atoms with Gasteiger partial charge in [-0.3, -0.25) is 0 Å². The molecular formula is C2HI2N3. The van der Waals surface area contributed by atoms with Crippen LogP contribution in [0, 0.1) is 0 Å². The summed E-state index contributed by atoms with van der Waals surface area (Å²) in [6.45, 7) is 0. The molecule has 0 saturated carbocycles. The van der Waals surface area contributed by atoms with Gasteiger partial charge in [-0.25, -0.2) is 4.99 Å². The van der Waals surface area contributed by atoms with Crippen LogP contribution in [0.25, 0.3) is 0 Å². The molecule has 7 heavy (non-hydrogen) atoms. The molecule has 1 rings (SSSR count). The van der Waals surface area contributed by atoms with Gasteiger partial charge in [0.1, 0.15) is 6.34 Å². The van der Waals surface area contributed by atoms with Crippen LogP contribution < -0.4 is 0 Å². The number of aliphatic imine (C=N–C) groups is 1. The molecule has 0 aromatic rings. The van der Waals surface area contributed by atoms with Gasteiger partial charge in [0.05, 0.1) is 0 Å². The lowest BCUT2D eigenvalue weighted by molar-refractivity contribution is 0.981. The Morgan fingerprint density at radius 3 is 2.29 bits per heavy atom. The van der Waals surface area contributed by atoms with Crippen molar-refractivity contribution in [2.24, 2.45) is 15.2 Å². The highest BCUT2D eigenvalue weighted by Gasteiger charge is 2.20. The lowest BCUT2D eigenvalue weighted by Gasteiger charge is -1.97. The minimum Gasteiger partial charge on any atom is -0.221 e. The first-order valence-corrected chi connectivity index (χ1v) is 3.70. The molecule has 5 heteroatoms. The molecule has 1 heterocycles. The van der Waals surface area contributed by atoms with Crippen LogP contribution in [0.3, 0.4) is 0 Å². The highest BCUT2D eigenvalue weighted by atomic mass is 127. The Morgan fingerprint density at radius 2 is 2.14 bits per heavy atom. The highest BCUT2D eigenvalue weighted by molar-refractivity contribution is 14.2. The van der Waals surface area contributed by atoms with Gasteiger partial charge < -0.3 is 0 Å². The van der Waals surface area contributed by atoms with Gasteiger partial charge in [-0.2, -0.15) is 0 Å². The van der Waals surface area contributed by atoms with Crippen molar-refractivity contribution >= 4 is 51.5 Å². The van der Waals surface area contributed by atoms with E-state index < -0.39 is 0 Å². The van der Waals surface area contributed by atoms with Gasteiger partial charge >= 0.3 is 0 Å². The van der Waals surface area contributed by atoms with Gasteiger partial charge in [0.2, 0.25) is 0 Å². The van der Waals surface area contributed by atoms with E-state index in [9.17, 15) is 0 Å². The zero-order valence-electron chi connectivity index (χ0n) is 3.17. The summed E-state index contributed by atoms with van der Waals surface area (Å²) in [5, 5.41) is 7.30. The van der Waals surface area contributed by atoms with E-state index >= 15 is 0 Å². The molecule has 0 radical (unpaired) electrons. The summed E-state index contributed by atoms with van der Waals surface area (Å²) in [5.41, 5.74) is 0. The second kappa shape index (κ2) is 1.92. The van der Waals surface area contributed by atoms with E-state index in [1.807, 2.05) is 0 Å². The van der Waals surface area contributed by atoms with E-state index in [0.717, 1.165) is 0 Å². The molecule has 0 atom stereocenters. The van der Waals surface area contributed by atoms with Gasteiger partial charge in [-0.15, -0.1) is 10.2 Å². The molecule has 1 aliphatic rings. The van der Waals surface area contributed by atoms with E-state index in [2.05, 4.69) is 60.4 Å². The topological polar surface area (TPSA) is 37.1 Å². The standard InChI is InChI=1S/C2HI2N3/c3-2(4)5-1-6-7-2/h1H. The average Bonchev–Trinajstić information content (AvgIpc) is 1.84. The van der Waals surface area contributed by atoms with Gasteiger partial charge in [-0.05, 0) is 45.2 Å². The third kappa shape index (κ3) is 1.59. The largest absolute Gasteiger partial charge is 0.272 e. The van der Waals surface area contributed by atoms with E-state index in [4.69, 9.17) is 0 Å². The fraction of sp³-hybridized carbons (Fsp3) is 0.500. The van der Waals surface area contributed by atoms with Gasteiger partial charge in [0.25, 0.3) is 1.68 Å². The summed E-state index contributed by atoms with van der Waals surface area (Å²) in [6, 6.07) is 0. The maximum Gasteiger partial charge on any atom is 0.272 e. The summed E-state index contributed by atoms with van der Waals surface area (Å²) in [5.74, 6) is 0. The minimum absolute atomic E-state index is 0.338. The SMILES string of the molecule is IC1(I)N=CN=N1. The Labute approximate surface area is 68.0 Å². The zero-order valence-corrected chi connectivity index (χ0v) is 7.49. The molecule has 0 N–H and O–H groups in total. The molecular weight excluding hydrogens is 320 g/mol. The van der Waals surface area contributed by atoms with Crippen molar-refractivity contribution in [3.8, 4) is 0 Å². The van der Waals surface area contributed by atoms with Crippen molar-refractivity contribution in [3.05, 3.63) is 0 Å². The molecule has 0 aliphatic carbocycles. The molecule has 1 aliphatic heterocycles. The average molecular weight is 321 g/mol. The summed E-state index contributed by atoms with van der Waals surface area (Å²) >= 11 is 4.19. The zero-order chi connectivity index (χ0) is 5.33. The van der Waals surface area contributed by atoms with Crippen molar-refractivity contribution < 1.29 is 0 Å². The Bertz CT molecular complexity index is 113. The predicted molar refractivity (Wildman–Crippen MR) is 44.1 cm³/mol. The minimum atomic E-state index is -0.338. The van der Waals surface area contributed by atoms with E-state index in [-0.39, 0.29) is 1.68 Å². The van der Waals surface area contributed by atoms with E-state index in [0.29, 0.717) is 0 Å². The summed E-state index contributed by atoms with van der Waals surface area (Å²) in [4.78, 5) is 3.88. The van der Waals surface area contributed by atoms with Gasteiger partial charge in [-0.1, -0.05) is 0 Å². The lowest BCUT2D eigenvalue weighted by Crippen LogP contribution is -1.94. The Kier molecular flexibility index (Phi) is 1.61. The smallest absolute Gasteiger partial charge is 0.221 e. The fourth-order valence-corrected chi connectivity index (χ4v) is 0.715. The molecule has 0 saturated heterocycles. The molecule has 0 fully saturated rings. The normalized spacial score (nSPS) is 23.7. The van der Waals surface area contributed by atoms with Crippen LogP contribution in [0.1, 0.15) is 0 Å². The number of rotatable bonds is 0. The van der Waals surface area contributed by atoms with Crippen LogP contribution in [0.5, 0.6) is 0 Å². The van der Waals surface area contributed by atoms with Crippen molar-refractivity contribution in [2.75, 3.05) is 0 Å². The van der Waals surface area contributed by atoms with Crippen molar-refractivity contribution in [2.45, 2.75) is 1.68 Å². The number of halogens is 2. The summed E-state index contributed by atoms with van der Waals surface area (Å²) in [7, 11) is 0. The number of nitrogens with zero attached hydrogens (tertiary/aromatic N) is 3. The van der Waals surface area contributed by atoms with Crippen molar-refractivity contribution in [1.29, 1.82) is 0 Å². The van der Waals surface area contributed by atoms with Crippen LogP contribution in [0.15, 0.2) is 15.2 Å². The first-order chi connectivity index (χ1) is 3.21. The van der Waals surface area contributed by atoms with Crippen molar-refractivity contribution in [1.82, 2.24) is 0 Å². The number of alkyl halides is 2. The quantitative estimate of drug-likeness (QED) is 0.372. The van der Waals surface area contributed by atoms with Gasteiger partial charge in [0.15, 0.2) is 0 Å². The maximum absolute atomic E-state index is 3.88. The number of azo groups is 1. The number of hydrogen-bond donors (Lipinski definition) is 0. The Morgan fingerprint density at radius 1 is 1.43 bits per heavy atom. The second-order valence-corrected chi connectivity index (χ2v) is 6.04. The molecule has 3 nitrogen and oxygen atoms in total. The van der Waals surface area contributed by atoms with Crippen LogP contribution in [-0.2, 0) is 0 Å². The third-order valence-electron chi connectivity index (χ3n) is 0.443. The van der Waals surface area contributed by atoms with Crippen LogP contribution in [0.4, 0.5) is 0 Å². The first kappa shape index (κ1) is 5.86. The van der Waals surface area contributed by atoms with Crippen LogP contribution in [-0.4, -0.2) is 8.01 Å². The maximum atomic E-state index is 3.88. The summed E-state index contributed by atoms with van der Waals surface area (Å²) in [6.07, 6.45) is 1.46. The highest BCUT2D eigenvalue weighted by Crippen LogP contribution is 2.32. The lowest BCUT2D eigenvalue weighted by atomic mass is 11.2. The van der Waals surface area contributed by atoms with Crippen LogP contribution >= 0.6 is 45.2 Å². The molecule has 0 aromatic heterocycles. The molecule has 0 amide bonds. The third-order valence-corrected chi connectivity index (χ3v) is 1.43. The van der Waals surface area contributed by atoms with Gasteiger partial charge in [0, 0.05) is 0 Å². The monoisotopic (exact) mass is 321 g/mol. The predicted octanol–water partition coefficient (Wildman–Crippen LogP) is 1.96. The van der Waals surface area contributed by atoms with Crippen LogP contribution in [0.2, 0.25) is 0 Å². The Hall–Kier alpha value is 0.730. The molecule has 38 valence electrons. The Balaban J connectivity index is 2.77. The van der Waals surface area contributed by atoms with E-state index in [1.165, 1.54) is 6.34 Å². The molecule has 0 unspecified atom stereocenters. The number of hydrogen-bond acceptors (Lipinski definition) is 3. The van der Waals surface area contributed by atoms with Crippen molar-refractivity contribution in [3.63, 3.8) is 0 Å². The molecule has 0 aromatic carbocycles. The molecule has 0 spiro atoms. The van der Waals surface area contributed by atoms with E-state index in [1.54, 1.807) is 0 Å². The summed E-state index contributed by atoms with van der Waals surface area (Å²) < 4.78 is -0.338. The fourth-order valence-electron chi connectivity index (χ4n) is 0.216. The first-order valence-electron chi connectivity index (χ1n) is 1.54. The molecule has 0 bridgehead atoms.